The third-order valence-electron chi connectivity index (χ3n) is 4.64. The van der Waals surface area contributed by atoms with Crippen molar-refractivity contribution in [2.75, 3.05) is 35.5 Å². The molecule has 0 unspecified atom stereocenters. The lowest BCUT2D eigenvalue weighted by atomic mass is 10.3. The topological polar surface area (TPSA) is 154 Å². The van der Waals surface area contributed by atoms with Crippen LogP contribution in [-0.4, -0.2) is 62.0 Å². The molecule has 0 fully saturated rings. The molecule has 0 atom stereocenters. The minimum atomic E-state index is -4.54. The molecule has 0 aliphatic carbocycles. The van der Waals surface area contributed by atoms with Gasteiger partial charge in [-0.25, -0.2) is 57.5 Å². The Morgan fingerprint density at radius 3 is 1.65 bits per heavy atom. The SMILES string of the molecule is C.COCBr.COCN(c1nc(C)ns1)S(=O)(=O)c1cc(F)c(F)cc1F.Cc1nsc(NS(=O)(=O)c2cc(F)c(F)cc2F)n1. The number of anilines is 2. The van der Waals surface area contributed by atoms with Crippen LogP contribution >= 0.6 is 39.0 Å². The number of hydrogen-bond donors (Lipinski definition) is 1. The van der Waals surface area contributed by atoms with E-state index in [1.807, 2.05) is 4.72 Å². The number of ether oxygens (including phenoxy) is 2. The van der Waals surface area contributed by atoms with Crippen LogP contribution in [0.3, 0.4) is 0 Å². The normalized spacial score (nSPS) is 11.0. The minimum Gasteiger partial charge on any atom is -0.373 e. The maximum absolute atomic E-state index is 13.8. The standard InChI is InChI=1S/C11H10F3N3O3S2.C9H6F3N3O2S2.C2H5BrO.CH4/c1-6-15-11(21-16-6)17(5-20-2)22(18,19)10-4-8(13)7(12)3-9(10)14;1-4-13-9(18-14-4)15-19(16,17)8-3-6(11)5(10)2-7(8)12;1-4-2-3;/h3-4H,5H2,1-2H3;2-3H,1H3,(H,13,14,15);2H2,1H3;1H4. The molecule has 4 aromatic rings. The number of sulfonamides is 2. The Bertz CT molecular complexity index is 1830. The summed E-state index contributed by atoms with van der Waals surface area (Å²) in [7, 11) is -6.08. The number of aryl methyl sites for hydroxylation is 2. The lowest BCUT2D eigenvalue weighted by Crippen LogP contribution is -2.33. The van der Waals surface area contributed by atoms with E-state index in [9.17, 15) is 43.2 Å². The molecule has 2 heterocycles. The highest BCUT2D eigenvalue weighted by atomic mass is 79.9. The number of methoxy groups -OCH3 is 2. The molecule has 256 valence electrons. The average molecular weight is 804 g/mol. The summed E-state index contributed by atoms with van der Waals surface area (Å²) in [4.78, 5) is 5.57. The van der Waals surface area contributed by atoms with Crippen molar-refractivity contribution in [3.05, 3.63) is 70.8 Å². The summed E-state index contributed by atoms with van der Waals surface area (Å²) in [5.41, 5.74) is 0.632. The first-order valence-corrected chi connectivity index (χ1v) is 17.1. The van der Waals surface area contributed by atoms with E-state index in [0.29, 0.717) is 21.5 Å². The number of nitrogens with zero attached hydrogens (tertiary/aromatic N) is 5. The van der Waals surface area contributed by atoms with Crippen molar-refractivity contribution in [2.45, 2.75) is 31.1 Å². The van der Waals surface area contributed by atoms with Crippen molar-refractivity contribution >= 4 is 69.3 Å². The molecule has 0 aliphatic heterocycles. The van der Waals surface area contributed by atoms with Crippen LogP contribution in [0.25, 0.3) is 0 Å². The van der Waals surface area contributed by atoms with Crippen molar-refractivity contribution < 1.29 is 52.7 Å². The number of hydrogen-bond acceptors (Lipinski definition) is 12. The second-order valence-electron chi connectivity index (χ2n) is 7.94. The molecule has 2 aromatic heterocycles. The second kappa shape index (κ2) is 17.8. The Hall–Kier alpha value is -2.96. The van der Waals surface area contributed by atoms with Crippen molar-refractivity contribution in [1.82, 2.24) is 18.7 Å². The summed E-state index contributed by atoms with van der Waals surface area (Å²) < 4.78 is 147. The fraction of sp³-hybridized carbons (Fsp3) is 0.304. The number of benzene rings is 2. The predicted octanol–water partition coefficient (Wildman–Crippen LogP) is 5.75. The summed E-state index contributed by atoms with van der Waals surface area (Å²) >= 11 is 4.52. The molecule has 0 bridgehead atoms. The van der Waals surface area contributed by atoms with Gasteiger partial charge in [0.25, 0.3) is 20.0 Å². The third-order valence-corrected chi connectivity index (χ3v) is 9.98. The Kier molecular flexibility index (Phi) is 15.9. The van der Waals surface area contributed by atoms with E-state index in [0.717, 1.165) is 23.1 Å². The van der Waals surface area contributed by atoms with Crippen LogP contribution in [-0.2, 0) is 29.5 Å². The van der Waals surface area contributed by atoms with E-state index >= 15 is 0 Å². The summed E-state index contributed by atoms with van der Waals surface area (Å²) in [6.07, 6.45) is 0. The van der Waals surface area contributed by atoms with Crippen LogP contribution < -0.4 is 9.03 Å². The van der Waals surface area contributed by atoms with Crippen LogP contribution in [0, 0.1) is 48.8 Å². The maximum Gasteiger partial charge on any atom is 0.271 e. The van der Waals surface area contributed by atoms with Gasteiger partial charge >= 0.3 is 0 Å². The highest BCUT2D eigenvalue weighted by Gasteiger charge is 2.31. The summed E-state index contributed by atoms with van der Waals surface area (Å²) in [5.74, 6) is -8.07. The molecular formula is C23H25BrF6N6O6S4. The van der Waals surface area contributed by atoms with Gasteiger partial charge in [-0.2, -0.15) is 8.75 Å². The molecular weight excluding hydrogens is 778 g/mol. The Balaban J connectivity index is 0.000000407. The van der Waals surface area contributed by atoms with Gasteiger partial charge < -0.3 is 9.47 Å². The number of aromatic nitrogens is 4. The lowest BCUT2D eigenvalue weighted by Gasteiger charge is -2.20. The predicted molar refractivity (Wildman–Crippen MR) is 162 cm³/mol. The summed E-state index contributed by atoms with van der Waals surface area (Å²) in [6.45, 7) is 2.58. The molecule has 4 rings (SSSR count). The number of nitrogens with one attached hydrogen (secondary N) is 1. The first-order valence-electron chi connectivity index (χ1n) is 11.5. The van der Waals surface area contributed by atoms with Crippen LogP contribution in [0.4, 0.5) is 36.6 Å². The van der Waals surface area contributed by atoms with E-state index < -0.39 is 71.5 Å². The van der Waals surface area contributed by atoms with Gasteiger partial charge in [0.15, 0.2) is 23.3 Å². The molecule has 0 aliphatic rings. The molecule has 1 N–H and O–H groups in total. The second-order valence-corrected chi connectivity index (χ2v) is 13.4. The fourth-order valence-corrected chi connectivity index (χ4v) is 6.89. The number of alkyl halides is 1. The van der Waals surface area contributed by atoms with E-state index in [1.165, 1.54) is 21.0 Å². The van der Waals surface area contributed by atoms with Gasteiger partial charge in [0.2, 0.25) is 10.3 Å². The van der Waals surface area contributed by atoms with E-state index in [1.54, 1.807) is 7.11 Å². The monoisotopic (exact) mass is 802 g/mol. The molecule has 0 spiro atoms. The highest BCUT2D eigenvalue weighted by molar-refractivity contribution is 9.09. The van der Waals surface area contributed by atoms with E-state index in [-0.39, 0.29) is 42.0 Å². The maximum atomic E-state index is 13.8. The first kappa shape index (κ1) is 41.1. The molecule has 2 aromatic carbocycles. The molecule has 12 nitrogen and oxygen atoms in total. The summed E-state index contributed by atoms with van der Waals surface area (Å²) in [5, 5.41) is -0.176. The van der Waals surface area contributed by atoms with Crippen LogP contribution in [0.5, 0.6) is 0 Å². The van der Waals surface area contributed by atoms with Crippen molar-refractivity contribution in [1.29, 1.82) is 0 Å². The van der Waals surface area contributed by atoms with Crippen LogP contribution in [0.2, 0.25) is 0 Å². The van der Waals surface area contributed by atoms with Gasteiger partial charge in [-0.1, -0.05) is 23.4 Å². The lowest BCUT2D eigenvalue weighted by molar-refractivity contribution is 0.209. The largest absolute Gasteiger partial charge is 0.373 e. The van der Waals surface area contributed by atoms with E-state index in [2.05, 4.69) is 39.4 Å². The van der Waals surface area contributed by atoms with Gasteiger partial charge in [0, 0.05) is 61.6 Å². The smallest absolute Gasteiger partial charge is 0.271 e. The fourth-order valence-electron chi connectivity index (χ4n) is 2.77. The molecule has 0 saturated carbocycles. The third kappa shape index (κ3) is 10.8. The van der Waals surface area contributed by atoms with Gasteiger partial charge in [-0.05, 0) is 13.8 Å². The number of rotatable bonds is 9. The molecule has 0 saturated heterocycles. The molecule has 23 heteroatoms. The minimum absolute atomic E-state index is 0. The Morgan fingerprint density at radius 2 is 1.22 bits per heavy atom. The van der Waals surface area contributed by atoms with Crippen molar-refractivity contribution in [3.8, 4) is 0 Å². The molecule has 0 radical (unpaired) electrons. The van der Waals surface area contributed by atoms with Gasteiger partial charge in [0.1, 0.15) is 45.3 Å². The zero-order valence-electron chi connectivity index (χ0n) is 23.2. The molecule has 0 amide bonds. The Labute approximate surface area is 277 Å². The first-order chi connectivity index (χ1) is 21.0. The highest BCUT2D eigenvalue weighted by Crippen LogP contribution is 2.28. The van der Waals surface area contributed by atoms with Gasteiger partial charge in [0.05, 0.1) is 0 Å². The quantitative estimate of drug-likeness (QED) is 0.0959. The summed E-state index contributed by atoms with van der Waals surface area (Å²) in [6, 6.07) is 0.866. The average Bonchev–Trinajstić information content (AvgIpc) is 3.58. The van der Waals surface area contributed by atoms with Gasteiger partial charge in [-0.3, -0.25) is 4.72 Å². The van der Waals surface area contributed by atoms with Crippen molar-refractivity contribution in [2.24, 2.45) is 0 Å². The van der Waals surface area contributed by atoms with Crippen LogP contribution in [0.15, 0.2) is 34.1 Å². The zero-order chi connectivity index (χ0) is 34.1. The van der Waals surface area contributed by atoms with Gasteiger partial charge in [-0.15, -0.1) is 0 Å². The number of halogens is 7. The van der Waals surface area contributed by atoms with Crippen LogP contribution in [0.1, 0.15) is 19.1 Å². The Morgan fingerprint density at radius 1 is 0.761 bits per heavy atom. The van der Waals surface area contributed by atoms with Crippen molar-refractivity contribution in [3.63, 3.8) is 0 Å². The zero-order valence-corrected chi connectivity index (χ0v) is 28.0. The molecule has 46 heavy (non-hydrogen) atoms. The van der Waals surface area contributed by atoms with E-state index in [4.69, 9.17) is 4.74 Å².